The van der Waals surface area contributed by atoms with E-state index in [9.17, 15) is 21.6 Å². The van der Waals surface area contributed by atoms with Crippen LogP contribution in [0, 0.1) is 17.2 Å². The fourth-order valence-electron chi connectivity index (χ4n) is 1.81. The molecule has 4 nitrogen and oxygen atoms in total. The molecule has 1 atom stereocenters. The molecule has 0 aromatic heterocycles. The van der Waals surface area contributed by atoms with Crippen molar-refractivity contribution in [1.82, 2.24) is 4.31 Å². The molecule has 0 radical (unpaired) electrons. The first-order valence-corrected chi connectivity index (χ1v) is 7.64. The van der Waals surface area contributed by atoms with Gasteiger partial charge in [-0.3, -0.25) is 0 Å². The van der Waals surface area contributed by atoms with Crippen LogP contribution in [0.5, 0.6) is 0 Å². The van der Waals surface area contributed by atoms with Crippen LogP contribution >= 0.6 is 0 Å². The molecule has 116 valence electrons. The first-order valence-electron chi connectivity index (χ1n) is 6.20. The lowest BCUT2D eigenvalue weighted by Gasteiger charge is -2.23. The van der Waals surface area contributed by atoms with Gasteiger partial charge in [-0.1, -0.05) is 19.1 Å². The fraction of sp³-hybridized carbons (Fsp3) is 0.462. The van der Waals surface area contributed by atoms with Crippen LogP contribution in [0.4, 0.5) is 13.2 Å². The van der Waals surface area contributed by atoms with Gasteiger partial charge >= 0.3 is 6.18 Å². The minimum atomic E-state index is -4.76. The van der Waals surface area contributed by atoms with Crippen molar-refractivity contribution in [2.45, 2.75) is 24.9 Å². The number of alkyl halides is 3. The smallest absolute Gasteiger partial charge is 0.207 e. The fourth-order valence-corrected chi connectivity index (χ4v) is 3.56. The molecule has 1 aromatic carbocycles. The van der Waals surface area contributed by atoms with Crippen molar-refractivity contribution in [2.24, 2.45) is 5.92 Å². The zero-order chi connectivity index (χ0) is 16.3. The van der Waals surface area contributed by atoms with E-state index >= 15 is 0 Å². The average molecular weight is 320 g/mol. The van der Waals surface area contributed by atoms with Crippen molar-refractivity contribution in [3.8, 4) is 6.07 Å². The first-order chi connectivity index (χ1) is 9.64. The van der Waals surface area contributed by atoms with Crippen molar-refractivity contribution in [3.63, 3.8) is 0 Å². The van der Waals surface area contributed by atoms with E-state index in [0.717, 1.165) is 22.5 Å². The summed E-state index contributed by atoms with van der Waals surface area (Å²) in [4.78, 5) is -0.788. The molecule has 0 heterocycles. The third-order valence-electron chi connectivity index (χ3n) is 2.86. The maximum absolute atomic E-state index is 12.9. The number of rotatable bonds is 5. The van der Waals surface area contributed by atoms with E-state index in [1.165, 1.54) is 19.9 Å². The van der Waals surface area contributed by atoms with E-state index in [0.29, 0.717) is 0 Å². The number of nitriles is 1. The van der Waals surface area contributed by atoms with Gasteiger partial charge in [-0.05, 0) is 19.1 Å². The molecule has 0 bridgehead atoms. The lowest BCUT2D eigenvalue weighted by Crippen LogP contribution is -2.35. The molecule has 0 fully saturated rings. The normalized spacial score (nSPS) is 14.0. The van der Waals surface area contributed by atoms with Gasteiger partial charge in [0, 0.05) is 13.1 Å². The van der Waals surface area contributed by atoms with E-state index in [1.54, 1.807) is 0 Å². The Labute approximate surface area is 121 Å². The lowest BCUT2D eigenvalue weighted by atomic mass is 10.2. The summed E-state index contributed by atoms with van der Waals surface area (Å²) in [6, 6.07) is 5.90. The van der Waals surface area contributed by atoms with E-state index in [2.05, 4.69) is 0 Å². The maximum atomic E-state index is 12.9. The first kappa shape index (κ1) is 17.5. The number of benzene rings is 1. The van der Waals surface area contributed by atoms with E-state index in [1.807, 2.05) is 6.07 Å². The highest BCUT2D eigenvalue weighted by Crippen LogP contribution is 2.35. The molecule has 0 saturated heterocycles. The van der Waals surface area contributed by atoms with Gasteiger partial charge in [-0.15, -0.1) is 0 Å². The minimum Gasteiger partial charge on any atom is -0.207 e. The Balaban J connectivity index is 3.34. The van der Waals surface area contributed by atoms with Gasteiger partial charge in [0.15, 0.2) is 0 Å². The van der Waals surface area contributed by atoms with Crippen molar-refractivity contribution < 1.29 is 21.6 Å². The van der Waals surface area contributed by atoms with E-state index < -0.39 is 32.6 Å². The summed E-state index contributed by atoms with van der Waals surface area (Å²) in [5.41, 5.74) is -1.20. The van der Waals surface area contributed by atoms with Gasteiger partial charge in [0.25, 0.3) is 0 Å². The monoisotopic (exact) mass is 320 g/mol. The molecule has 0 N–H and O–H groups in total. The second kappa shape index (κ2) is 6.45. The quantitative estimate of drug-likeness (QED) is 0.838. The highest BCUT2D eigenvalue weighted by molar-refractivity contribution is 7.89. The Bertz CT molecular complexity index is 636. The predicted molar refractivity (Wildman–Crippen MR) is 70.7 cm³/mol. The summed E-state index contributed by atoms with van der Waals surface area (Å²) in [6.07, 6.45) is -4.76. The molecule has 0 aliphatic heterocycles. The summed E-state index contributed by atoms with van der Waals surface area (Å²) in [5.74, 6) is -0.613. The zero-order valence-corrected chi connectivity index (χ0v) is 12.4. The molecule has 0 saturated carbocycles. The molecular weight excluding hydrogens is 305 g/mol. The van der Waals surface area contributed by atoms with Gasteiger partial charge < -0.3 is 0 Å². The number of hydrogen-bond donors (Lipinski definition) is 0. The summed E-state index contributed by atoms with van der Waals surface area (Å²) in [7, 11) is -4.31. The summed E-state index contributed by atoms with van der Waals surface area (Å²) in [5, 5.41) is 8.75. The van der Waals surface area contributed by atoms with E-state index in [4.69, 9.17) is 5.26 Å². The topological polar surface area (TPSA) is 61.2 Å². The summed E-state index contributed by atoms with van der Waals surface area (Å²) in [6.45, 7) is 2.85. The second-order valence-electron chi connectivity index (χ2n) is 4.48. The Hall–Kier alpha value is -1.59. The van der Waals surface area contributed by atoms with Crippen molar-refractivity contribution in [2.75, 3.05) is 13.1 Å². The van der Waals surface area contributed by atoms with Crippen LogP contribution in [0.15, 0.2) is 29.2 Å². The highest BCUT2D eigenvalue weighted by Gasteiger charge is 2.38. The Morgan fingerprint density at radius 3 is 2.38 bits per heavy atom. The average Bonchev–Trinajstić information content (AvgIpc) is 2.43. The molecule has 0 aliphatic rings. The number of hydrogen-bond acceptors (Lipinski definition) is 3. The van der Waals surface area contributed by atoms with Crippen LogP contribution in [0.2, 0.25) is 0 Å². The SMILES string of the molecule is CCN(CC(C)C#N)S(=O)(=O)c1ccccc1C(F)(F)F. The number of halogens is 3. The number of nitrogens with zero attached hydrogens (tertiary/aromatic N) is 2. The Morgan fingerprint density at radius 2 is 1.90 bits per heavy atom. The third-order valence-corrected chi connectivity index (χ3v) is 4.86. The Kier molecular flexibility index (Phi) is 5.36. The van der Waals surface area contributed by atoms with Crippen LogP contribution in [-0.2, 0) is 16.2 Å². The molecule has 1 aromatic rings. The molecule has 0 spiro atoms. The summed E-state index contributed by atoms with van der Waals surface area (Å²) < 4.78 is 64.5. The van der Waals surface area contributed by atoms with Crippen molar-refractivity contribution in [3.05, 3.63) is 29.8 Å². The largest absolute Gasteiger partial charge is 0.417 e. The molecule has 8 heteroatoms. The molecule has 1 unspecified atom stereocenters. The Morgan fingerprint density at radius 1 is 1.33 bits per heavy atom. The van der Waals surface area contributed by atoms with Gasteiger partial charge in [-0.25, -0.2) is 8.42 Å². The van der Waals surface area contributed by atoms with Crippen LogP contribution in [0.25, 0.3) is 0 Å². The van der Waals surface area contributed by atoms with Gasteiger partial charge in [0.1, 0.15) is 0 Å². The standard InChI is InChI=1S/C13H15F3N2O2S/c1-3-18(9-10(2)8-17)21(19,20)12-7-5-4-6-11(12)13(14,15)16/h4-7,10H,3,9H2,1-2H3. The van der Waals surface area contributed by atoms with Crippen molar-refractivity contribution >= 4 is 10.0 Å². The highest BCUT2D eigenvalue weighted by atomic mass is 32.2. The third kappa shape index (κ3) is 3.95. The van der Waals surface area contributed by atoms with Crippen LogP contribution < -0.4 is 0 Å². The molecule has 1 rings (SSSR count). The van der Waals surface area contributed by atoms with E-state index in [-0.39, 0.29) is 13.1 Å². The molecule has 0 amide bonds. The molecular formula is C13H15F3N2O2S. The number of sulfonamides is 1. The van der Waals surface area contributed by atoms with Gasteiger partial charge in [0.05, 0.1) is 22.4 Å². The van der Waals surface area contributed by atoms with Gasteiger partial charge in [0.2, 0.25) is 10.0 Å². The molecule has 21 heavy (non-hydrogen) atoms. The van der Waals surface area contributed by atoms with Crippen molar-refractivity contribution in [1.29, 1.82) is 5.26 Å². The zero-order valence-electron chi connectivity index (χ0n) is 11.6. The maximum Gasteiger partial charge on any atom is 0.417 e. The van der Waals surface area contributed by atoms with Crippen LogP contribution in [0.3, 0.4) is 0 Å². The predicted octanol–water partition coefficient (Wildman–Crippen LogP) is 2.88. The molecule has 0 aliphatic carbocycles. The second-order valence-corrected chi connectivity index (χ2v) is 6.39. The minimum absolute atomic E-state index is 0.0133. The van der Waals surface area contributed by atoms with Crippen LogP contribution in [0.1, 0.15) is 19.4 Å². The van der Waals surface area contributed by atoms with Gasteiger partial charge in [-0.2, -0.15) is 22.7 Å². The summed E-state index contributed by atoms with van der Waals surface area (Å²) >= 11 is 0. The lowest BCUT2D eigenvalue weighted by molar-refractivity contribution is -0.139. The van der Waals surface area contributed by atoms with Crippen LogP contribution in [-0.4, -0.2) is 25.8 Å².